The van der Waals surface area contributed by atoms with Crippen molar-refractivity contribution in [3.8, 4) is 0 Å². The van der Waals surface area contributed by atoms with Gasteiger partial charge in [0.15, 0.2) is 6.17 Å². The molecule has 0 radical (unpaired) electrons. The zero-order valence-electron chi connectivity index (χ0n) is 10.7. The van der Waals surface area contributed by atoms with Crippen LogP contribution in [0.3, 0.4) is 0 Å². The summed E-state index contributed by atoms with van der Waals surface area (Å²) in [5.41, 5.74) is 0. The Balaban J connectivity index is 5.78. The first-order chi connectivity index (χ1) is 9.48. The fourth-order valence-electron chi connectivity index (χ4n) is 1.35. The van der Waals surface area contributed by atoms with E-state index in [0.717, 1.165) is 0 Å². The summed E-state index contributed by atoms with van der Waals surface area (Å²) in [7, 11) is 0. The Kier molecular flexibility index (Phi) is 5.76. The fraction of sp³-hybridized carbons (Fsp3) is 1.00. The van der Waals surface area contributed by atoms with Crippen LogP contribution in [0.1, 0.15) is 26.2 Å². The van der Waals surface area contributed by atoms with Gasteiger partial charge in [-0.1, -0.05) is 19.8 Å². The van der Waals surface area contributed by atoms with Gasteiger partial charge in [-0.2, -0.15) is 48.3 Å². The normalized spacial score (nSPS) is 16.8. The van der Waals surface area contributed by atoms with Gasteiger partial charge in [0.05, 0.1) is 0 Å². The molecule has 0 fully saturated rings. The number of hydrogen-bond acceptors (Lipinski definition) is 0. The monoisotopic (exact) mass is 358 g/mol. The third-order valence-electron chi connectivity index (χ3n) is 2.77. The van der Waals surface area contributed by atoms with Crippen LogP contribution >= 0.6 is 0 Å². The first-order valence-electron chi connectivity index (χ1n) is 5.70. The van der Waals surface area contributed by atoms with Crippen LogP contribution in [0.2, 0.25) is 0 Å². The molecule has 0 heterocycles. The largest absolute Gasteiger partial charge is 0.460 e. The second-order valence-electron chi connectivity index (χ2n) is 4.45. The van der Waals surface area contributed by atoms with E-state index in [2.05, 4.69) is 0 Å². The highest BCUT2D eigenvalue weighted by Crippen LogP contribution is 2.58. The van der Waals surface area contributed by atoms with E-state index in [1.165, 1.54) is 6.92 Å². The summed E-state index contributed by atoms with van der Waals surface area (Å²) in [6, 6.07) is 0. The standard InChI is InChI=1S/C10H10F12/c1-2-3-4-5(11)6(12,13)7(14,15)8(16,17)9(18,19)10(20,21)22/h5H,2-4H2,1H3. The topological polar surface area (TPSA) is 0 Å². The quantitative estimate of drug-likeness (QED) is 0.519. The summed E-state index contributed by atoms with van der Waals surface area (Å²) in [5.74, 6) is -28.7. The summed E-state index contributed by atoms with van der Waals surface area (Å²) in [6.07, 6.45) is -13.2. The first kappa shape index (κ1) is 21.2. The van der Waals surface area contributed by atoms with Crippen LogP contribution in [0.4, 0.5) is 52.7 Å². The van der Waals surface area contributed by atoms with Crippen molar-refractivity contribution in [3.63, 3.8) is 0 Å². The molecule has 0 bridgehead atoms. The summed E-state index contributed by atoms with van der Waals surface area (Å²) >= 11 is 0. The average molecular weight is 358 g/mol. The Bertz CT molecular complexity index is 369. The maximum absolute atomic E-state index is 13.0. The van der Waals surface area contributed by atoms with Crippen LogP contribution in [0.15, 0.2) is 0 Å². The number of halogens is 12. The van der Waals surface area contributed by atoms with Gasteiger partial charge in [-0.25, -0.2) is 4.39 Å². The van der Waals surface area contributed by atoms with Crippen LogP contribution in [-0.4, -0.2) is 36.0 Å². The van der Waals surface area contributed by atoms with Gasteiger partial charge in [0, 0.05) is 0 Å². The summed E-state index contributed by atoms with van der Waals surface area (Å²) < 4.78 is 151. The van der Waals surface area contributed by atoms with E-state index in [0.29, 0.717) is 0 Å². The molecule has 0 rings (SSSR count). The molecule has 0 nitrogen and oxygen atoms in total. The molecule has 1 unspecified atom stereocenters. The zero-order valence-corrected chi connectivity index (χ0v) is 10.7. The molecule has 0 aromatic rings. The predicted octanol–water partition coefficient (Wildman–Crippen LogP) is 5.62. The molecular formula is C10H10F12. The van der Waals surface area contributed by atoms with Crippen molar-refractivity contribution < 1.29 is 52.7 Å². The second-order valence-corrected chi connectivity index (χ2v) is 4.45. The third kappa shape index (κ3) is 3.10. The molecule has 0 spiro atoms. The lowest BCUT2D eigenvalue weighted by atomic mass is 9.93. The molecule has 0 saturated heterocycles. The Morgan fingerprint density at radius 2 is 1.09 bits per heavy atom. The number of unbranched alkanes of at least 4 members (excludes halogenated alkanes) is 1. The minimum absolute atomic E-state index is 0.0306. The highest BCUT2D eigenvalue weighted by molar-refractivity contribution is 5.08. The molecule has 0 amide bonds. The van der Waals surface area contributed by atoms with Crippen molar-refractivity contribution in [1.29, 1.82) is 0 Å². The van der Waals surface area contributed by atoms with Gasteiger partial charge < -0.3 is 0 Å². The third-order valence-corrected chi connectivity index (χ3v) is 2.77. The number of alkyl halides is 12. The molecule has 0 aliphatic heterocycles. The minimum atomic E-state index is -7.54. The molecule has 1 atom stereocenters. The van der Waals surface area contributed by atoms with Crippen molar-refractivity contribution in [1.82, 2.24) is 0 Å². The van der Waals surface area contributed by atoms with Gasteiger partial charge in [-0.15, -0.1) is 0 Å². The maximum atomic E-state index is 13.0. The van der Waals surface area contributed by atoms with Crippen LogP contribution in [0.25, 0.3) is 0 Å². The molecule has 0 N–H and O–H groups in total. The van der Waals surface area contributed by atoms with Gasteiger partial charge in [0.1, 0.15) is 0 Å². The van der Waals surface area contributed by atoms with E-state index in [1.54, 1.807) is 0 Å². The number of hydrogen-bond donors (Lipinski definition) is 0. The lowest BCUT2D eigenvalue weighted by Crippen LogP contribution is -2.68. The van der Waals surface area contributed by atoms with Crippen molar-refractivity contribution in [3.05, 3.63) is 0 Å². The Labute approximate surface area is 116 Å². The van der Waals surface area contributed by atoms with Crippen molar-refractivity contribution in [2.75, 3.05) is 0 Å². The fourth-order valence-corrected chi connectivity index (χ4v) is 1.35. The lowest BCUT2D eigenvalue weighted by Gasteiger charge is -2.38. The maximum Gasteiger partial charge on any atom is 0.460 e. The van der Waals surface area contributed by atoms with E-state index in [-0.39, 0.29) is 6.42 Å². The first-order valence-corrected chi connectivity index (χ1v) is 5.70. The van der Waals surface area contributed by atoms with Crippen molar-refractivity contribution in [2.45, 2.75) is 62.2 Å². The number of rotatable bonds is 7. The SMILES string of the molecule is CCCCC(F)C(F)(F)C(F)(F)C(F)(F)C(F)(F)C(F)(F)F. The zero-order chi connectivity index (χ0) is 18.2. The average Bonchev–Trinajstić information content (AvgIpc) is 2.33. The molecule has 0 saturated carbocycles. The summed E-state index contributed by atoms with van der Waals surface area (Å²) in [6.45, 7) is 1.29. The minimum Gasteiger partial charge on any atom is -0.241 e. The van der Waals surface area contributed by atoms with Gasteiger partial charge in [-0.05, 0) is 6.42 Å². The van der Waals surface area contributed by atoms with Crippen LogP contribution in [-0.2, 0) is 0 Å². The molecule has 0 aliphatic carbocycles. The van der Waals surface area contributed by atoms with E-state index in [1.807, 2.05) is 0 Å². The molecule has 22 heavy (non-hydrogen) atoms. The molecule has 0 aromatic carbocycles. The lowest BCUT2D eigenvalue weighted by molar-refractivity contribution is -0.426. The predicted molar refractivity (Wildman–Crippen MR) is 50.3 cm³/mol. The van der Waals surface area contributed by atoms with Crippen LogP contribution in [0, 0.1) is 0 Å². The van der Waals surface area contributed by atoms with Gasteiger partial charge in [0.25, 0.3) is 0 Å². The molecule has 134 valence electrons. The van der Waals surface area contributed by atoms with E-state index >= 15 is 0 Å². The Morgan fingerprint density at radius 3 is 1.41 bits per heavy atom. The molecule has 12 heteroatoms. The molecule has 0 aromatic heterocycles. The van der Waals surface area contributed by atoms with E-state index in [4.69, 9.17) is 0 Å². The molecular weight excluding hydrogens is 348 g/mol. The second kappa shape index (κ2) is 5.99. The smallest absolute Gasteiger partial charge is 0.241 e. The van der Waals surface area contributed by atoms with Crippen LogP contribution < -0.4 is 0 Å². The van der Waals surface area contributed by atoms with Crippen molar-refractivity contribution >= 4 is 0 Å². The van der Waals surface area contributed by atoms with E-state index in [9.17, 15) is 52.7 Å². The summed E-state index contributed by atoms with van der Waals surface area (Å²) in [4.78, 5) is 0. The summed E-state index contributed by atoms with van der Waals surface area (Å²) in [5, 5.41) is 0. The van der Waals surface area contributed by atoms with Gasteiger partial charge >= 0.3 is 29.9 Å². The van der Waals surface area contributed by atoms with Crippen LogP contribution in [0.5, 0.6) is 0 Å². The highest BCUT2D eigenvalue weighted by atomic mass is 19.4. The highest BCUT2D eigenvalue weighted by Gasteiger charge is 2.88. The Hall–Kier alpha value is -0.840. The van der Waals surface area contributed by atoms with Gasteiger partial charge in [-0.3, -0.25) is 0 Å². The van der Waals surface area contributed by atoms with E-state index < -0.39 is 48.9 Å². The Morgan fingerprint density at radius 1 is 0.682 bits per heavy atom. The van der Waals surface area contributed by atoms with Crippen molar-refractivity contribution in [2.24, 2.45) is 0 Å². The van der Waals surface area contributed by atoms with Gasteiger partial charge in [0.2, 0.25) is 0 Å². The molecule has 0 aliphatic rings.